The lowest BCUT2D eigenvalue weighted by Gasteiger charge is -2.31. The highest BCUT2D eigenvalue weighted by molar-refractivity contribution is 7.92. The third-order valence-electron chi connectivity index (χ3n) is 5.54. The quantitative estimate of drug-likeness (QED) is 0.434. The number of nitrogens with zero attached hydrogens (tertiary/aromatic N) is 2. The monoisotopic (exact) mass is 543 g/mol. The highest BCUT2D eigenvalue weighted by Crippen LogP contribution is 2.28. The average Bonchev–Trinajstić information content (AvgIpc) is 2.82. The highest BCUT2D eigenvalue weighted by Gasteiger charge is 2.29. The zero-order chi connectivity index (χ0) is 26.2. The molecule has 2 aromatic carbocycles. The van der Waals surface area contributed by atoms with Crippen LogP contribution in [0.2, 0.25) is 10.0 Å². The normalized spacial score (nSPS) is 12.1. The summed E-state index contributed by atoms with van der Waals surface area (Å²) in [7, 11) is -0.550. The minimum Gasteiger partial charge on any atom is -0.497 e. The van der Waals surface area contributed by atoms with Gasteiger partial charge in [-0.15, -0.1) is 0 Å². The number of carbonyl (C=O) groups is 2. The zero-order valence-electron chi connectivity index (χ0n) is 20.3. The van der Waals surface area contributed by atoms with Crippen LogP contribution in [0.4, 0.5) is 5.69 Å². The van der Waals surface area contributed by atoms with E-state index in [9.17, 15) is 18.0 Å². The minimum absolute atomic E-state index is 0.0255. The molecule has 0 fully saturated rings. The van der Waals surface area contributed by atoms with Crippen molar-refractivity contribution >= 4 is 50.7 Å². The first-order valence-corrected chi connectivity index (χ1v) is 13.7. The largest absolute Gasteiger partial charge is 0.497 e. The van der Waals surface area contributed by atoms with Crippen LogP contribution in [0.5, 0.6) is 5.75 Å². The average molecular weight is 545 g/mol. The van der Waals surface area contributed by atoms with Crippen molar-refractivity contribution in [2.24, 2.45) is 0 Å². The molecule has 0 spiro atoms. The van der Waals surface area contributed by atoms with Crippen LogP contribution in [0.1, 0.15) is 31.7 Å². The van der Waals surface area contributed by atoms with Gasteiger partial charge in [0.15, 0.2) is 0 Å². The Balaban J connectivity index is 2.23. The first-order valence-electron chi connectivity index (χ1n) is 11.1. The maximum absolute atomic E-state index is 13.3. The number of nitrogens with one attached hydrogen (secondary N) is 1. The van der Waals surface area contributed by atoms with Gasteiger partial charge in [0.1, 0.15) is 11.8 Å². The molecule has 11 heteroatoms. The number of rotatable bonds is 12. The van der Waals surface area contributed by atoms with Crippen LogP contribution in [0, 0.1) is 0 Å². The number of hydrogen-bond acceptors (Lipinski definition) is 5. The summed E-state index contributed by atoms with van der Waals surface area (Å²) in [4.78, 5) is 27.3. The molecule has 0 aliphatic heterocycles. The summed E-state index contributed by atoms with van der Waals surface area (Å²) >= 11 is 12.6. The predicted octanol–water partition coefficient (Wildman–Crippen LogP) is 4.10. The maximum atomic E-state index is 13.3. The molecule has 1 unspecified atom stereocenters. The van der Waals surface area contributed by atoms with E-state index >= 15 is 0 Å². The van der Waals surface area contributed by atoms with Crippen LogP contribution in [0.15, 0.2) is 42.5 Å². The van der Waals surface area contributed by atoms with Crippen molar-refractivity contribution in [2.45, 2.75) is 38.8 Å². The third-order valence-corrected chi connectivity index (χ3v) is 7.44. The van der Waals surface area contributed by atoms with Gasteiger partial charge in [-0.05, 0) is 49.2 Å². The van der Waals surface area contributed by atoms with E-state index in [2.05, 4.69) is 5.32 Å². The van der Waals surface area contributed by atoms with Gasteiger partial charge in [0.2, 0.25) is 21.8 Å². The Bertz CT molecular complexity index is 1110. The Kier molecular flexibility index (Phi) is 10.7. The number of carbonyl (C=O) groups excluding carboxylic acids is 2. The van der Waals surface area contributed by atoms with E-state index in [4.69, 9.17) is 27.9 Å². The number of amides is 2. The molecule has 0 saturated heterocycles. The molecule has 192 valence electrons. The smallest absolute Gasteiger partial charge is 0.242 e. The molecule has 0 bridgehead atoms. The molecule has 0 aliphatic carbocycles. The van der Waals surface area contributed by atoms with Crippen LogP contribution in [0.3, 0.4) is 0 Å². The third kappa shape index (κ3) is 7.75. The standard InChI is InChI=1S/C24H31Cl2N3O5S/c1-5-22(24(31)27-2)28(16-19-20(25)8-6-9-21(19)26)23(30)10-7-15-29(35(4,32)33)17-11-13-18(34-3)14-12-17/h6,8-9,11-14,22H,5,7,10,15-16H2,1-4H3,(H,27,31). The molecule has 2 rings (SSSR count). The second-order valence-electron chi connectivity index (χ2n) is 7.90. The van der Waals surface area contributed by atoms with E-state index in [0.717, 1.165) is 6.26 Å². The van der Waals surface area contributed by atoms with Crippen LogP contribution >= 0.6 is 23.2 Å². The van der Waals surface area contributed by atoms with Gasteiger partial charge in [-0.1, -0.05) is 36.2 Å². The van der Waals surface area contributed by atoms with Crippen LogP contribution < -0.4 is 14.4 Å². The number of sulfonamides is 1. The number of ether oxygens (including phenoxy) is 1. The fourth-order valence-electron chi connectivity index (χ4n) is 3.69. The summed E-state index contributed by atoms with van der Waals surface area (Å²) in [5.41, 5.74) is 1.01. The number of halogens is 2. The van der Waals surface area contributed by atoms with Crippen molar-refractivity contribution in [3.63, 3.8) is 0 Å². The number of methoxy groups -OCH3 is 1. The molecule has 2 amide bonds. The highest BCUT2D eigenvalue weighted by atomic mass is 35.5. The minimum atomic E-state index is -3.59. The summed E-state index contributed by atoms with van der Waals surface area (Å²) in [6, 6.07) is 10.9. The SMILES string of the molecule is CCC(C(=O)NC)N(Cc1c(Cl)cccc1Cl)C(=O)CCCN(c1ccc(OC)cc1)S(C)(=O)=O. The van der Waals surface area contributed by atoms with E-state index in [-0.39, 0.29) is 37.7 Å². The molecule has 8 nitrogen and oxygen atoms in total. The van der Waals surface area contributed by atoms with Crippen molar-refractivity contribution in [1.82, 2.24) is 10.2 Å². The second-order valence-corrected chi connectivity index (χ2v) is 10.6. The van der Waals surface area contributed by atoms with Crippen molar-refractivity contribution in [3.05, 3.63) is 58.1 Å². The van der Waals surface area contributed by atoms with E-state index in [1.807, 2.05) is 6.92 Å². The van der Waals surface area contributed by atoms with E-state index in [0.29, 0.717) is 33.5 Å². The van der Waals surface area contributed by atoms with Gasteiger partial charge in [-0.3, -0.25) is 13.9 Å². The molecule has 2 aromatic rings. The van der Waals surface area contributed by atoms with Crippen LogP contribution in [-0.4, -0.2) is 58.1 Å². The second kappa shape index (κ2) is 13.0. The number of likely N-dealkylation sites (N-methyl/N-ethyl adjacent to an activating group) is 1. The van der Waals surface area contributed by atoms with Gasteiger partial charge in [-0.2, -0.15) is 0 Å². The van der Waals surface area contributed by atoms with Crippen LogP contribution in [-0.2, 0) is 26.2 Å². The molecule has 1 atom stereocenters. The summed E-state index contributed by atoms with van der Waals surface area (Å²) in [5.74, 6) is -0.00861. The lowest BCUT2D eigenvalue weighted by molar-refractivity contribution is -0.141. The van der Waals surface area contributed by atoms with Crippen molar-refractivity contribution in [2.75, 3.05) is 31.3 Å². The van der Waals surface area contributed by atoms with Crippen molar-refractivity contribution < 1.29 is 22.7 Å². The predicted molar refractivity (Wildman–Crippen MR) is 140 cm³/mol. The van der Waals surface area contributed by atoms with Gasteiger partial charge in [0.25, 0.3) is 0 Å². The fraction of sp³-hybridized carbons (Fsp3) is 0.417. The fourth-order valence-corrected chi connectivity index (χ4v) is 5.17. The van der Waals surface area contributed by atoms with Gasteiger partial charge in [-0.25, -0.2) is 8.42 Å². The maximum Gasteiger partial charge on any atom is 0.242 e. The Morgan fingerprint density at radius 3 is 2.17 bits per heavy atom. The Labute approximate surface area is 217 Å². The van der Waals surface area contributed by atoms with E-state index in [1.54, 1.807) is 42.5 Å². The molecule has 35 heavy (non-hydrogen) atoms. The molecule has 1 N–H and O–H groups in total. The summed E-state index contributed by atoms with van der Waals surface area (Å²) in [6.07, 6.45) is 1.77. The van der Waals surface area contributed by atoms with Gasteiger partial charge in [0.05, 0.1) is 19.1 Å². The molecule has 0 aliphatic rings. The molecule has 0 heterocycles. The molecular formula is C24H31Cl2N3O5S. The molecule has 0 aromatic heterocycles. The summed E-state index contributed by atoms with van der Waals surface area (Å²) in [5, 5.41) is 3.38. The number of hydrogen-bond donors (Lipinski definition) is 1. The van der Waals surface area contributed by atoms with Gasteiger partial charge >= 0.3 is 0 Å². The van der Waals surface area contributed by atoms with Gasteiger partial charge in [0, 0.05) is 42.2 Å². The van der Waals surface area contributed by atoms with Crippen molar-refractivity contribution in [3.8, 4) is 5.75 Å². The lowest BCUT2D eigenvalue weighted by Crippen LogP contribution is -2.48. The van der Waals surface area contributed by atoms with Crippen LogP contribution in [0.25, 0.3) is 0 Å². The van der Waals surface area contributed by atoms with E-state index in [1.165, 1.54) is 23.4 Å². The van der Waals surface area contributed by atoms with E-state index < -0.39 is 16.1 Å². The molecule has 0 saturated carbocycles. The summed E-state index contributed by atoms with van der Waals surface area (Å²) < 4.78 is 31.2. The van der Waals surface area contributed by atoms with Gasteiger partial charge < -0.3 is 15.0 Å². The first-order chi connectivity index (χ1) is 16.5. The Morgan fingerprint density at radius 2 is 1.69 bits per heavy atom. The molecular weight excluding hydrogens is 513 g/mol. The first kappa shape index (κ1) is 28.7. The molecule has 0 radical (unpaired) electrons. The van der Waals surface area contributed by atoms with Crippen molar-refractivity contribution in [1.29, 1.82) is 0 Å². The topological polar surface area (TPSA) is 96.0 Å². The number of anilines is 1. The Hall–Kier alpha value is -2.49. The lowest BCUT2D eigenvalue weighted by atomic mass is 10.1. The number of benzene rings is 2. The Morgan fingerprint density at radius 1 is 1.09 bits per heavy atom. The summed E-state index contributed by atoms with van der Waals surface area (Å²) in [6.45, 7) is 1.95. The zero-order valence-corrected chi connectivity index (χ0v) is 22.6.